The van der Waals surface area contributed by atoms with E-state index in [1.165, 1.54) is 35.2 Å². The molecule has 0 spiro atoms. The molecule has 3 rings (SSSR count). The first-order valence-corrected chi connectivity index (χ1v) is 11.5. The van der Waals surface area contributed by atoms with Crippen molar-refractivity contribution in [1.82, 2.24) is 14.5 Å². The van der Waals surface area contributed by atoms with E-state index in [4.69, 9.17) is 0 Å². The van der Waals surface area contributed by atoms with Gasteiger partial charge in [0.15, 0.2) is 4.34 Å². The average molecular weight is 427 g/mol. The Morgan fingerprint density at radius 1 is 1.33 bits per heavy atom. The molecule has 0 aliphatic carbocycles. The van der Waals surface area contributed by atoms with Crippen molar-refractivity contribution < 1.29 is 18.0 Å². The van der Waals surface area contributed by atoms with Gasteiger partial charge >= 0.3 is 0 Å². The summed E-state index contributed by atoms with van der Waals surface area (Å²) >= 11 is 2.70. The highest BCUT2D eigenvalue weighted by Crippen LogP contribution is 2.30. The summed E-state index contributed by atoms with van der Waals surface area (Å²) in [5.41, 5.74) is 0.896. The Morgan fingerprint density at radius 3 is 2.70 bits per heavy atom. The van der Waals surface area contributed by atoms with Gasteiger partial charge in [0, 0.05) is 6.42 Å². The Balaban J connectivity index is 1.82. The normalized spacial score (nSPS) is 17.3. The molecule has 8 nitrogen and oxygen atoms in total. The third-order valence-corrected chi connectivity index (χ3v) is 7.64. The Bertz CT molecular complexity index is 956. The second-order valence-corrected chi connectivity index (χ2v) is 10.2. The van der Waals surface area contributed by atoms with E-state index in [2.05, 4.69) is 15.5 Å². The quantitative estimate of drug-likeness (QED) is 0.557. The van der Waals surface area contributed by atoms with Crippen molar-refractivity contribution >= 4 is 50.1 Å². The van der Waals surface area contributed by atoms with Crippen molar-refractivity contribution in [3.05, 3.63) is 29.8 Å². The monoisotopic (exact) mass is 426 g/mol. The standard InChI is InChI=1S/C16H18N4O4S3/c1-3-25-16-19-18-15(26-16)17-14(22)12-8-9-13(21)20(12)27(23,24)11-6-4-10(2)5-7-11/h4-7,12H,3,8-9H2,1-2H3,(H,17,18,22). The number of rotatable bonds is 6. The summed E-state index contributed by atoms with van der Waals surface area (Å²) in [6.07, 6.45) is 0.126. The fourth-order valence-electron chi connectivity index (χ4n) is 2.66. The van der Waals surface area contributed by atoms with Crippen molar-refractivity contribution in [2.75, 3.05) is 11.1 Å². The maximum Gasteiger partial charge on any atom is 0.267 e. The van der Waals surface area contributed by atoms with E-state index in [1.54, 1.807) is 12.1 Å². The molecule has 11 heteroatoms. The first kappa shape index (κ1) is 19.8. The van der Waals surface area contributed by atoms with Crippen molar-refractivity contribution in [3.63, 3.8) is 0 Å². The minimum atomic E-state index is -4.11. The Kier molecular flexibility index (Phi) is 5.82. The lowest BCUT2D eigenvalue weighted by Crippen LogP contribution is -2.45. The fourth-order valence-corrected chi connectivity index (χ4v) is 5.91. The Morgan fingerprint density at radius 2 is 2.04 bits per heavy atom. The molecule has 1 aromatic carbocycles. The van der Waals surface area contributed by atoms with Crippen LogP contribution in [0.2, 0.25) is 0 Å². The van der Waals surface area contributed by atoms with Gasteiger partial charge in [-0.3, -0.25) is 14.9 Å². The number of nitrogens with zero attached hydrogens (tertiary/aromatic N) is 3. The molecular weight excluding hydrogens is 408 g/mol. The van der Waals surface area contributed by atoms with Crippen LogP contribution in [0.5, 0.6) is 0 Å². The van der Waals surface area contributed by atoms with Gasteiger partial charge in [-0.05, 0) is 31.2 Å². The van der Waals surface area contributed by atoms with E-state index in [0.717, 1.165) is 11.3 Å². The number of aryl methyl sites for hydroxylation is 1. The van der Waals surface area contributed by atoms with E-state index in [0.29, 0.717) is 8.64 Å². The highest BCUT2D eigenvalue weighted by Gasteiger charge is 2.44. The number of sulfonamides is 1. The zero-order chi connectivity index (χ0) is 19.6. The third kappa shape index (κ3) is 4.14. The molecule has 144 valence electrons. The SMILES string of the molecule is CCSc1nnc(NC(=O)C2CCC(=O)N2S(=O)(=O)c2ccc(C)cc2)s1. The summed E-state index contributed by atoms with van der Waals surface area (Å²) in [7, 11) is -4.11. The predicted molar refractivity (Wildman–Crippen MR) is 103 cm³/mol. The maximum absolute atomic E-state index is 12.9. The Hall–Kier alpha value is -1.98. The van der Waals surface area contributed by atoms with E-state index in [-0.39, 0.29) is 22.9 Å². The van der Waals surface area contributed by atoms with Crippen LogP contribution in [0.15, 0.2) is 33.5 Å². The fraction of sp³-hybridized carbons (Fsp3) is 0.375. The van der Waals surface area contributed by atoms with E-state index in [9.17, 15) is 18.0 Å². The molecule has 2 aromatic rings. The summed E-state index contributed by atoms with van der Waals surface area (Å²) in [5, 5.41) is 10.7. The number of carbonyl (C=O) groups excluding carboxylic acids is 2. The van der Waals surface area contributed by atoms with E-state index < -0.39 is 27.9 Å². The second kappa shape index (κ2) is 7.95. The van der Waals surface area contributed by atoms with Crippen LogP contribution in [0.3, 0.4) is 0 Å². The highest BCUT2D eigenvalue weighted by atomic mass is 32.2. The van der Waals surface area contributed by atoms with Crippen LogP contribution in [0.1, 0.15) is 25.3 Å². The predicted octanol–water partition coefficient (Wildman–Crippen LogP) is 2.28. The molecule has 1 aliphatic heterocycles. The number of hydrogen-bond donors (Lipinski definition) is 1. The molecule has 0 bridgehead atoms. The third-order valence-electron chi connectivity index (χ3n) is 3.95. The first-order chi connectivity index (χ1) is 12.8. The molecule has 1 aromatic heterocycles. The summed E-state index contributed by atoms with van der Waals surface area (Å²) in [5.74, 6) is -0.349. The number of benzene rings is 1. The number of thioether (sulfide) groups is 1. The highest BCUT2D eigenvalue weighted by molar-refractivity contribution is 8.01. The molecule has 0 radical (unpaired) electrons. The molecular formula is C16H18N4O4S3. The van der Waals surface area contributed by atoms with Crippen LogP contribution in [-0.2, 0) is 19.6 Å². The van der Waals surface area contributed by atoms with Crippen LogP contribution in [0.4, 0.5) is 5.13 Å². The molecule has 1 saturated heterocycles. The van der Waals surface area contributed by atoms with Gasteiger partial charge in [-0.15, -0.1) is 10.2 Å². The van der Waals surface area contributed by atoms with E-state index >= 15 is 0 Å². The summed E-state index contributed by atoms with van der Waals surface area (Å²) in [6.45, 7) is 3.81. The van der Waals surface area contributed by atoms with Gasteiger partial charge in [0.1, 0.15) is 6.04 Å². The number of anilines is 1. The van der Waals surface area contributed by atoms with E-state index in [1.807, 2.05) is 13.8 Å². The number of carbonyl (C=O) groups is 2. The number of amides is 2. The smallest absolute Gasteiger partial charge is 0.267 e. The van der Waals surface area contributed by atoms with Crippen molar-refractivity contribution in [1.29, 1.82) is 0 Å². The van der Waals surface area contributed by atoms with Crippen LogP contribution >= 0.6 is 23.1 Å². The van der Waals surface area contributed by atoms with Crippen molar-refractivity contribution in [2.24, 2.45) is 0 Å². The van der Waals surface area contributed by atoms with Crippen LogP contribution in [0.25, 0.3) is 0 Å². The minimum Gasteiger partial charge on any atom is -0.299 e. The molecule has 1 N–H and O–H groups in total. The average Bonchev–Trinajstić information content (AvgIpc) is 3.22. The molecule has 0 saturated carbocycles. The molecule has 2 heterocycles. The molecule has 1 unspecified atom stereocenters. The summed E-state index contributed by atoms with van der Waals surface area (Å²) in [4.78, 5) is 24.9. The van der Waals surface area contributed by atoms with Gasteiger partial charge in [-0.2, -0.15) is 0 Å². The van der Waals surface area contributed by atoms with Gasteiger partial charge in [-0.1, -0.05) is 47.7 Å². The van der Waals surface area contributed by atoms with Crippen LogP contribution in [0, 0.1) is 6.92 Å². The summed E-state index contributed by atoms with van der Waals surface area (Å²) < 4.78 is 27.2. The van der Waals surface area contributed by atoms with Gasteiger partial charge in [0.05, 0.1) is 4.90 Å². The number of aromatic nitrogens is 2. The van der Waals surface area contributed by atoms with Gasteiger partial charge in [0.2, 0.25) is 16.9 Å². The van der Waals surface area contributed by atoms with Crippen molar-refractivity contribution in [3.8, 4) is 0 Å². The zero-order valence-electron chi connectivity index (χ0n) is 14.7. The molecule has 1 fully saturated rings. The van der Waals surface area contributed by atoms with Gasteiger partial charge in [0.25, 0.3) is 10.0 Å². The van der Waals surface area contributed by atoms with Gasteiger partial charge < -0.3 is 0 Å². The van der Waals surface area contributed by atoms with Crippen LogP contribution in [-0.4, -0.2) is 46.5 Å². The second-order valence-electron chi connectivity index (χ2n) is 5.86. The minimum absolute atomic E-state index is 0.00374. The van der Waals surface area contributed by atoms with Crippen molar-refractivity contribution in [2.45, 2.75) is 42.0 Å². The van der Waals surface area contributed by atoms with Gasteiger partial charge in [-0.25, -0.2) is 12.7 Å². The molecule has 27 heavy (non-hydrogen) atoms. The Labute approximate surface area is 165 Å². The first-order valence-electron chi connectivity index (χ1n) is 8.24. The number of nitrogens with one attached hydrogen (secondary N) is 1. The molecule has 1 atom stereocenters. The number of hydrogen-bond acceptors (Lipinski definition) is 8. The van der Waals surface area contributed by atoms with Crippen LogP contribution < -0.4 is 5.32 Å². The lowest BCUT2D eigenvalue weighted by atomic mass is 10.2. The maximum atomic E-state index is 12.9. The lowest BCUT2D eigenvalue weighted by molar-refractivity contribution is -0.128. The molecule has 2 amide bonds. The summed E-state index contributed by atoms with van der Waals surface area (Å²) in [6, 6.07) is 5.07. The largest absolute Gasteiger partial charge is 0.299 e. The molecule has 1 aliphatic rings. The lowest BCUT2D eigenvalue weighted by Gasteiger charge is -2.23. The zero-order valence-corrected chi connectivity index (χ0v) is 17.2. The topological polar surface area (TPSA) is 109 Å².